The summed E-state index contributed by atoms with van der Waals surface area (Å²) < 4.78 is 5.16. The molecule has 0 aromatic heterocycles. The first-order valence-corrected chi connectivity index (χ1v) is 8.40. The minimum absolute atomic E-state index is 0.00348. The fourth-order valence-corrected chi connectivity index (χ4v) is 3.40. The van der Waals surface area contributed by atoms with E-state index in [9.17, 15) is 9.59 Å². The van der Waals surface area contributed by atoms with E-state index < -0.39 is 6.04 Å². The second kappa shape index (κ2) is 7.05. The summed E-state index contributed by atoms with van der Waals surface area (Å²) >= 11 is 1.61. The molecule has 0 saturated carbocycles. The molecular weight excluding hydrogens is 300 g/mol. The molecule has 120 valence electrons. The van der Waals surface area contributed by atoms with Gasteiger partial charge in [0.15, 0.2) is 0 Å². The van der Waals surface area contributed by atoms with Crippen LogP contribution in [0.1, 0.15) is 24.2 Å². The Bertz CT molecular complexity index is 562. The topological polar surface area (TPSA) is 49.9 Å². The number of nitrogens with zero attached hydrogens (tertiary/aromatic N) is 2. The largest absolute Gasteiger partial charge is 0.497 e. The number of benzene rings is 1. The maximum Gasteiger partial charge on any atom is 0.255 e. The van der Waals surface area contributed by atoms with Crippen LogP contribution in [0.5, 0.6) is 5.75 Å². The molecule has 0 spiro atoms. The van der Waals surface area contributed by atoms with Gasteiger partial charge in [0.05, 0.1) is 13.0 Å². The second-order valence-electron chi connectivity index (χ2n) is 5.57. The number of carbonyl (C=O) groups is 2. The molecule has 6 heteroatoms. The quantitative estimate of drug-likeness (QED) is 0.851. The molecule has 1 heterocycles. The molecule has 0 radical (unpaired) electrons. The van der Waals surface area contributed by atoms with Crippen LogP contribution in [0.4, 0.5) is 0 Å². The molecule has 1 fully saturated rings. The van der Waals surface area contributed by atoms with Crippen molar-refractivity contribution in [3.05, 3.63) is 29.8 Å². The number of rotatable bonds is 4. The Kier molecular flexibility index (Phi) is 5.34. The Morgan fingerprint density at radius 1 is 1.41 bits per heavy atom. The minimum Gasteiger partial charge on any atom is -0.497 e. The first kappa shape index (κ1) is 16.7. The summed E-state index contributed by atoms with van der Waals surface area (Å²) in [7, 11) is 3.35. The van der Waals surface area contributed by atoms with E-state index in [1.165, 1.54) is 0 Å². The van der Waals surface area contributed by atoms with Gasteiger partial charge in [-0.25, -0.2) is 0 Å². The molecule has 1 aliphatic heterocycles. The molecule has 22 heavy (non-hydrogen) atoms. The Labute approximate surface area is 135 Å². The minimum atomic E-state index is -0.392. The Morgan fingerprint density at radius 3 is 2.77 bits per heavy atom. The van der Waals surface area contributed by atoms with Crippen LogP contribution in [0.2, 0.25) is 0 Å². The van der Waals surface area contributed by atoms with E-state index in [2.05, 4.69) is 0 Å². The third-order valence-corrected chi connectivity index (χ3v) is 4.88. The predicted octanol–water partition coefficient (Wildman–Crippen LogP) is 2.08. The summed E-state index contributed by atoms with van der Waals surface area (Å²) in [6.45, 7) is 3.93. The third kappa shape index (κ3) is 3.38. The SMILES string of the molecule is COc1cccc(C(=O)N2CSCC2C(=O)N(C)C(C)C)c1. The summed E-state index contributed by atoms with van der Waals surface area (Å²) in [6.07, 6.45) is 0. The van der Waals surface area contributed by atoms with E-state index in [0.29, 0.717) is 22.9 Å². The van der Waals surface area contributed by atoms with E-state index in [1.54, 1.807) is 60.0 Å². The van der Waals surface area contributed by atoms with Crippen LogP contribution in [0.25, 0.3) is 0 Å². The van der Waals surface area contributed by atoms with Crippen molar-refractivity contribution in [1.82, 2.24) is 9.80 Å². The van der Waals surface area contributed by atoms with Crippen molar-refractivity contribution in [2.45, 2.75) is 25.9 Å². The fraction of sp³-hybridized carbons (Fsp3) is 0.500. The first-order valence-electron chi connectivity index (χ1n) is 7.25. The fourth-order valence-electron chi connectivity index (χ4n) is 2.26. The van der Waals surface area contributed by atoms with Crippen molar-refractivity contribution in [1.29, 1.82) is 0 Å². The molecule has 2 rings (SSSR count). The van der Waals surface area contributed by atoms with Crippen molar-refractivity contribution in [2.75, 3.05) is 25.8 Å². The number of amides is 2. The van der Waals surface area contributed by atoms with Crippen LogP contribution in [0.15, 0.2) is 24.3 Å². The Hall–Kier alpha value is -1.69. The maximum atomic E-state index is 12.7. The number of likely N-dealkylation sites (N-methyl/N-ethyl adjacent to an activating group) is 1. The van der Waals surface area contributed by atoms with E-state index in [-0.39, 0.29) is 17.9 Å². The second-order valence-corrected chi connectivity index (χ2v) is 6.57. The van der Waals surface area contributed by atoms with Crippen molar-refractivity contribution in [2.24, 2.45) is 0 Å². The summed E-state index contributed by atoms with van der Waals surface area (Å²) in [5.41, 5.74) is 0.548. The average Bonchev–Trinajstić information content (AvgIpc) is 3.02. The zero-order chi connectivity index (χ0) is 16.3. The smallest absolute Gasteiger partial charge is 0.255 e. The Morgan fingerprint density at radius 2 is 2.14 bits per heavy atom. The standard InChI is InChI=1S/C16H22N2O3S/c1-11(2)17(3)16(20)14-9-22-10-18(14)15(19)12-6-5-7-13(8-12)21-4/h5-8,11,14H,9-10H2,1-4H3. The number of hydrogen-bond acceptors (Lipinski definition) is 4. The zero-order valence-corrected chi connectivity index (χ0v) is 14.2. The van der Waals surface area contributed by atoms with Gasteiger partial charge in [-0.1, -0.05) is 6.07 Å². The monoisotopic (exact) mass is 322 g/mol. The number of carbonyl (C=O) groups excluding carboxylic acids is 2. The average molecular weight is 322 g/mol. The lowest BCUT2D eigenvalue weighted by molar-refractivity contribution is -0.135. The lowest BCUT2D eigenvalue weighted by Gasteiger charge is -2.29. The van der Waals surface area contributed by atoms with E-state index >= 15 is 0 Å². The summed E-state index contributed by atoms with van der Waals surface area (Å²) in [4.78, 5) is 28.6. The van der Waals surface area contributed by atoms with Crippen molar-refractivity contribution >= 4 is 23.6 Å². The number of hydrogen-bond donors (Lipinski definition) is 0. The molecule has 0 bridgehead atoms. The highest BCUT2D eigenvalue weighted by molar-refractivity contribution is 7.99. The van der Waals surface area contributed by atoms with Gasteiger partial charge in [0, 0.05) is 24.4 Å². The highest BCUT2D eigenvalue weighted by atomic mass is 32.2. The molecule has 1 aromatic rings. The van der Waals surface area contributed by atoms with E-state index in [1.807, 2.05) is 13.8 Å². The van der Waals surface area contributed by atoms with Crippen molar-refractivity contribution < 1.29 is 14.3 Å². The molecule has 2 amide bonds. The van der Waals surface area contributed by atoms with Crippen molar-refractivity contribution in [3.63, 3.8) is 0 Å². The zero-order valence-electron chi connectivity index (χ0n) is 13.4. The molecule has 5 nitrogen and oxygen atoms in total. The Balaban J connectivity index is 2.19. The molecular formula is C16H22N2O3S. The highest BCUT2D eigenvalue weighted by Crippen LogP contribution is 2.25. The van der Waals surface area contributed by atoms with Gasteiger partial charge in [-0.2, -0.15) is 0 Å². The van der Waals surface area contributed by atoms with Gasteiger partial charge in [0.2, 0.25) is 5.91 Å². The van der Waals surface area contributed by atoms with Gasteiger partial charge in [-0.15, -0.1) is 11.8 Å². The van der Waals surface area contributed by atoms with Crippen LogP contribution in [0, 0.1) is 0 Å². The summed E-state index contributed by atoms with van der Waals surface area (Å²) in [5, 5.41) is 0. The van der Waals surface area contributed by atoms with Gasteiger partial charge >= 0.3 is 0 Å². The predicted molar refractivity (Wildman–Crippen MR) is 88.2 cm³/mol. The summed E-state index contributed by atoms with van der Waals surface area (Å²) in [5.74, 6) is 1.69. The third-order valence-electron chi connectivity index (χ3n) is 3.87. The number of ether oxygens (including phenoxy) is 1. The molecule has 1 atom stereocenters. The summed E-state index contributed by atoms with van der Waals surface area (Å²) in [6, 6.07) is 6.76. The maximum absolute atomic E-state index is 12.7. The van der Waals surface area contributed by atoms with Crippen LogP contribution >= 0.6 is 11.8 Å². The van der Waals surface area contributed by atoms with Crippen LogP contribution in [-0.4, -0.2) is 59.5 Å². The van der Waals surface area contributed by atoms with E-state index in [4.69, 9.17) is 4.74 Å². The van der Waals surface area contributed by atoms with Crippen LogP contribution in [0.3, 0.4) is 0 Å². The molecule has 0 N–H and O–H groups in total. The molecule has 0 aliphatic carbocycles. The molecule has 1 unspecified atom stereocenters. The lowest BCUT2D eigenvalue weighted by atomic mass is 10.1. The highest BCUT2D eigenvalue weighted by Gasteiger charge is 2.37. The van der Waals surface area contributed by atoms with Gasteiger partial charge < -0.3 is 14.5 Å². The number of thioether (sulfide) groups is 1. The number of methoxy groups -OCH3 is 1. The van der Waals surface area contributed by atoms with E-state index in [0.717, 1.165) is 0 Å². The first-order chi connectivity index (χ1) is 10.5. The van der Waals surface area contributed by atoms with Gasteiger partial charge in [-0.05, 0) is 32.0 Å². The molecule has 1 aliphatic rings. The van der Waals surface area contributed by atoms with Gasteiger partial charge in [-0.3, -0.25) is 9.59 Å². The van der Waals surface area contributed by atoms with Crippen LogP contribution in [-0.2, 0) is 4.79 Å². The van der Waals surface area contributed by atoms with Gasteiger partial charge in [0.25, 0.3) is 5.91 Å². The lowest BCUT2D eigenvalue weighted by Crippen LogP contribution is -2.49. The molecule has 1 saturated heterocycles. The molecule has 1 aromatic carbocycles. The van der Waals surface area contributed by atoms with Gasteiger partial charge in [0.1, 0.15) is 11.8 Å². The normalized spacial score (nSPS) is 17.7. The van der Waals surface area contributed by atoms with Crippen molar-refractivity contribution in [3.8, 4) is 5.75 Å². The van der Waals surface area contributed by atoms with Crippen LogP contribution < -0.4 is 4.74 Å².